The maximum atomic E-state index is 12.2. The maximum absolute atomic E-state index is 12.2. The second-order valence-electron chi connectivity index (χ2n) is 4.99. The van der Waals surface area contributed by atoms with Crippen LogP contribution in [0.4, 0.5) is 4.79 Å². The molecule has 7 nitrogen and oxygen atoms in total. The van der Waals surface area contributed by atoms with Crippen molar-refractivity contribution in [2.45, 2.75) is 25.5 Å². The summed E-state index contributed by atoms with van der Waals surface area (Å²) in [7, 11) is 0. The molecule has 0 aromatic carbocycles. The zero-order chi connectivity index (χ0) is 15.2. The Labute approximate surface area is 122 Å². The van der Waals surface area contributed by atoms with Gasteiger partial charge in [0.1, 0.15) is 0 Å². The summed E-state index contributed by atoms with van der Waals surface area (Å²) in [5.74, 6) is -0.925. The number of nitrogens with zero attached hydrogens (tertiary/aromatic N) is 2. The van der Waals surface area contributed by atoms with Crippen LogP contribution in [0.3, 0.4) is 0 Å². The second kappa shape index (κ2) is 7.03. The number of amides is 2. The van der Waals surface area contributed by atoms with E-state index in [1.807, 2.05) is 19.1 Å². The predicted octanol–water partition coefficient (Wildman–Crippen LogP) is 1.03. The van der Waals surface area contributed by atoms with E-state index in [0.29, 0.717) is 13.2 Å². The largest absolute Gasteiger partial charge is 0.481 e. The van der Waals surface area contributed by atoms with Crippen LogP contribution in [0.25, 0.3) is 0 Å². The van der Waals surface area contributed by atoms with Crippen LogP contribution >= 0.6 is 0 Å². The lowest BCUT2D eigenvalue weighted by molar-refractivity contribution is -0.141. The molecule has 1 aromatic heterocycles. The Hall–Kier alpha value is -2.15. The Balaban J connectivity index is 1.89. The summed E-state index contributed by atoms with van der Waals surface area (Å²) in [5.41, 5.74) is 0.918. The lowest BCUT2D eigenvalue weighted by Crippen LogP contribution is -2.50. The topological polar surface area (TPSA) is 91.8 Å². The van der Waals surface area contributed by atoms with Crippen molar-refractivity contribution in [1.82, 2.24) is 15.2 Å². The molecule has 114 valence electrons. The van der Waals surface area contributed by atoms with E-state index in [2.05, 4.69) is 10.3 Å². The minimum absolute atomic E-state index is 0.0953. The molecular weight excluding hydrogens is 274 g/mol. The number of carboxylic acid groups (broad SMARTS) is 1. The fraction of sp³-hybridized carbons (Fsp3) is 0.500. The van der Waals surface area contributed by atoms with Crippen molar-refractivity contribution in [2.24, 2.45) is 0 Å². The highest BCUT2D eigenvalue weighted by Crippen LogP contribution is 2.13. The lowest BCUT2D eigenvalue weighted by atomic mass is 10.1. The number of hydrogen-bond donors (Lipinski definition) is 2. The molecule has 1 aromatic rings. The minimum atomic E-state index is -0.925. The maximum Gasteiger partial charge on any atom is 0.318 e. The molecule has 2 atom stereocenters. The number of aliphatic carboxylic acids is 1. The molecule has 0 saturated carbocycles. The van der Waals surface area contributed by atoms with E-state index in [1.54, 1.807) is 17.3 Å². The van der Waals surface area contributed by atoms with Crippen LogP contribution in [0.1, 0.15) is 24.9 Å². The Morgan fingerprint density at radius 2 is 2.43 bits per heavy atom. The van der Waals surface area contributed by atoms with Crippen molar-refractivity contribution in [1.29, 1.82) is 0 Å². The van der Waals surface area contributed by atoms with Gasteiger partial charge in [0, 0.05) is 25.5 Å². The number of carbonyl (C=O) groups excluding carboxylic acids is 1. The first-order chi connectivity index (χ1) is 10.1. The Morgan fingerprint density at radius 3 is 3.10 bits per heavy atom. The van der Waals surface area contributed by atoms with Crippen molar-refractivity contribution in [3.8, 4) is 0 Å². The minimum Gasteiger partial charge on any atom is -0.481 e. The Morgan fingerprint density at radius 1 is 1.62 bits per heavy atom. The van der Waals surface area contributed by atoms with Crippen LogP contribution in [0.5, 0.6) is 0 Å². The van der Waals surface area contributed by atoms with Gasteiger partial charge in [-0.25, -0.2) is 4.79 Å². The van der Waals surface area contributed by atoms with Crippen molar-refractivity contribution in [3.05, 3.63) is 30.1 Å². The molecule has 1 fully saturated rings. The van der Waals surface area contributed by atoms with E-state index in [0.717, 1.165) is 5.56 Å². The van der Waals surface area contributed by atoms with Crippen molar-refractivity contribution < 1.29 is 19.4 Å². The normalized spacial score (nSPS) is 19.9. The van der Waals surface area contributed by atoms with Gasteiger partial charge in [0.05, 0.1) is 25.2 Å². The number of nitrogens with one attached hydrogen (secondary N) is 1. The Bertz CT molecular complexity index is 494. The quantitative estimate of drug-likeness (QED) is 0.865. The highest BCUT2D eigenvalue weighted by molar-refractivity contribution is 5.75. The first kappa shape index (κ1) is 15.2. The molecule has 2 rings (SSSR count). The van der Waals surface area contributed by atoms with E-state index in [4.69, 9.17) is 9.84 Å². The second-order valence-corrected chi connectivity index (χ2v) is 4.99. The molecule has 0 spiro atoms. The van der Waals surface area contributed by atoms with Gasteiger partial charge in [0.15, 0.2) is 0 Å². The number of pyridine rings is 1. The molecule has 2 N–H and O–H groups in total. The zero-order valence-electron chi connectivity index (χ0n) is 11.9. The van der Waals surface area contributed by atoms with Gasteiger partial charge in [-0.05, 0) is 18.6 Å². The van der Waals surface area contributed by atoms with E-state index in [9.17, 15) is 9.59 Å². The van der Waals surface area contributed by atoms with Gasteiger partial charge in [-0.15, -0.1) is 0 Å². The number of carboxylic acids is 1. The lowest BCUT2D eigenvalue weighted by Gasteiger charge is -2.33. The molecule has 1 aliphatic heterocycles. The summed E-state index contributed by atoms with van der Waals surface area (Å²) in [5, 5.41) is 11.7. The summed E-state index contributed by atoms with van der Waals surface area (Å²) in [6, 6.07) is 3.33. The molecular formula is C14H19N3O4. The van der Waals surface area contributed by atoms with Gasteiger partial charge in [0.25, 0.3) is 0 Å². The summed E-state index contributed by atoms with van der Waals surface area (Å²) >= 11 is 0. The van der Waals surface area contributed by atoms with Crippen molar-refractivity contribution in [3.63, 3.8) is 0 Å². The first-order valence-corrected chi connectivity index (χ1v) is 6.85. The van der Waals surface area contributed by atoms with Crippen LogP contribution in [0.15, 0.2) is 24.5 Å². The third-order valence-corrected chi connectivity index (χ3v) is 3.35. The number of ether oxygens (including phenoxy) is 1. The highest BCUT2D eigenvalue weighted by Gasteiger charge is 2.26. The van der Waals surface area contributed by atoms with E-state index < -0.39 is 12.1 Å². The third-order valence-electron chi connectivity index (χ3n) is 3.35. The van der Waals surface area contributed by atoms with E-state index >= 15 is 0 Å². The van der Waals surface area contributed by atoms with E-state index in [-0.39, 0.29) is 25.0 Å². The molecule has 2 heterocycles. The average molecular weight is 293 g/mol. The smallest absolute Gasteiger partial charge is 0.318 e. The molecule has 0 bridgehead atoms. The number of hydrogen-bond acceptors (Lipinski definition) is 4. The molecule has 1 aliphatic rings. The number of aromatic nitrogens is 1. The van der Waals surface area contributed by atoms with Gasteiger partial charge in [-0.2, -0.15) is 0 Å². The summed E-state index contributed by atoms with van der Waals surface area (Å²) in [4.78, 5) is 28.5. The van der Waals surface area contributed by atoms with Gasteiger partial charge < -0.3 is 20.1 Å². The molecule has 2 amide bonds. The molecule has 2 unspecified atom stereocenters. The molecule has 21 heavy (non-hydrogen) atoms. The van der Waals surface area contributed by atoms with Crippen LogP contribution < -0.4 is 5.32 Å². The molecule has 0 aliphatic carbocycles. The summed E-state index contributed by atoms with van der Waals surface area (Å²) in [6.45, 7) is 2.98. The van der Waals surface area contributed by atoms with E-state index in [1.165, 1.54) is 0 Å². The number of carbonyl (C=O) groups is 2. The van der Waals surface area contributed by atoms with Crippen LogP contribution in [-0.2, 0) is 9.53 Å². The summed E-state index contributed by atoms with van der Waals surface area (Å²) in [6.07, 6.45) is 2.84. The number of rotatable bonds is 4. The van der Waals surface area contributed by atoms with Crippen LogP contribution in [0, 0.1) is 0 Å². The Kier molecular flexibility index (Phi) is 5.10. The SMILES string of the molecule is CC(NC(=O)N1CCOC(CC(=O)O)C1)c1cccnc1. The third kappa shape index (κ3) is 4.42. The highest BCUT2D eigenvalue weighted by atomic mass is 16.5. The molecule has 1 saturated heterocycles. The predicted molar refractivity (Wildman–Crippen MR) is 74.7 cm³/mol. The fourth-order valence-electron chi connectivity index (χ4n) is 2.21. The monoisotopic (exact) mass is 293 g/mol. The fourth-order valence-corrected chi connectivity index (χ4v) is 2.21. The average Bonchev–Trinajstić information content (AvgIpc) is 2.47. The van der Waals surface area contributed by atoms with Crippen molar-refractivity contribution in [2.75, 3.05) is 19.7 Å². The van der Waals surface area contributed by atoms with Gasteiger partial charge in [0.2, 0.25) is 0 Å². The van der Waals surface area contributed by atoms with Crippen molar-refractivity contribution >= 4 is 12.0 Å². The van der Waals surface area contributed by atoms with Gasteiger partial charge >= 0.3 is 12.0 Å². The summed E-state index contributed by atoms with van der Waals surface area (Å²) < 4.78 is 5.35. The standard InChI is InChI=1S/C14H19N3O4/c1-10(11-3-2-4-15-8-11)16-14(20)17-5-6-21-12(9-17)7-13(18)19/h2-4,8,10,12H,5-7,9H2,1H3,(H,16,20)(H,18,19). The number of urea groups is 1. The van der Waals surface area contributed by atoms with Gasteiger partial charge in [-0.3, -0.25) is 9.78 Å². The van der Waals surface area contributed by atoms with Crippen LogP contribution in [-0.4, -0.2) is 52.8 Å². The van der Waals surface area contributed by atoms with Crippen LogP contribution in [0.2, 0.25) is 0 Å². The van der Waals surface area contributed by atoms with Gasteiger partial charge in [-0.1, -0.05) is 6.07 Å². The number of morpholine rings is 1. The molecule has 7 heteroatoms. The molecule has 0 radical (unpaired) electrons. The zero-order valence-corrected chi connectivity index (χ0v) is 11.9. The first-order valence-electron chi connectivity index (χ1n) is 6.85.